The molecule has 1 saturated heterocycles. The maximum absolute atomic E-state index is 6.33. The lowest BCUT2D eigenvalue weighted by Gasteiger charge is -2.41. The monoisotopic (exact) mass is 442 g/mol. The van der Waals surface area contributed by atoms with Gasteiger partial charge in [-0.2, -0.15) is 5.10 Å². The highest BCUT2D eigenvalue weighted by Gasteiger charge is 2.31. The number of hydrogen-bond acceptors (Lipinski definition) is 6. The van der Waals surface area contributed by atoms with Crippen molar-refractivity contribution in [2.45, 2.75) is 45.2 Å². The molecule has 170 valence electrons. The van der Waals surface area contributed by atoms with Gasteiger partial charge in [-0.25, -0.2) is 14.6 Å². The number of likely N-dealkylation sites (tertiary alicyclic amines) is 1. The minimum Gasteiger partial charge on any atom is -0.457 e. The Kier molecular flexibility index (Phi) is 5.50. The van der Waals surface area contributed by atoms with Crippen molar-refractivity contribution in [3.05, 3.63) is 60.9 Å². The van der Waals surface area contributed by atoms with Crippen LogP contribution in [0.5, 0.6) is 11.5 Å². The summed E-state index contributed by atoms with van der Waals surface area (Å²) in [4.78, 5) is 11.4. The van der Waals surface area contributed by atoms with E-state index in [9.17, 15) is 0 Å². The molecule has 5 rings (SSSR count). The van der Waals surface area contributed by atoms with Gasteiger partial charge >= 0.3 is 0 Å². The number of benzene rings is 2. The van der Waals surface area contributed by atoms with Gasteiger partial charge in [-0.3, -0.25) is 4.90 Å². The molecule has 2 N–H and O–H groups in total. The third-order valence-corrected chi connectivity index (χ3v) is 6.32. The zero-order chi connectivity index (χ0) is 23.0. The molecule has 7 nitrogen and oxygen atoms in total. The number of nitrogens with two attached hydrogens (primary N) is 1. The second-order valence-corrected chi connectivity index (χ2v) is 9.60. The lowest BCUT2D eigenvalue weighted by molar-refractivity contribution is 0.0797. The first-order chi connectivity index (χ1) is 15.9. The smallest absolute Gasteiger partial charge is 0.164 e. The van der Waals surface area contributed by atoms with E-state index in [-0.39, 0.29) is 11.6 Å². The van der Waals surface area contributed by atoms with Crippen LogP contribution in [0, 0.1) is 0 Å². The Morgan fingerprint density at radius 2 is 1.70 bits per heavy atom. The summed E-state index contributed by atoms with van der Waals surface area (Å²) in [6.45, 7) is 8.84. The fraction of sp³-hybridized carbons (Fsp3) is 0.346. The van der Waals surface area contributed by atoms with E-state index in [1.165, 1.54) is 6.33 Å². The summed E-state index contributed by atoms with van der Waals surface area (Å²) >= 11 is 0. The van der Waals surface area contributed by atoms with Gasteiger partial charge in [0.1, 0.15) is 29.3 Å². The Labute approximate surface area is 194 Å². The van der Waals surface area contributed by atoms with Crippen LogP contribution in [0.15, 0.2) is 60.9 Å². The van der Waals surface area contributed by atoms with Crippen molar-refractivity contribution >= 4 is 16.9 Å². The molecule has 3 heterocycles. The van der Waals surface area contributed by atoms with Gasteiger partial charge in [-0.1, -0.05) is 18.2 Å². The summed E-state index contributed by atoms with van der Waals surface area (Å²) in [6, 6.07) is 17.9. The second-order valence-electron chi connectivity index (χ2n) is 9.60. The van der Waals surface area contributed by atoms with E-state index in [2.05, 4.69) is 40.3 Å². The van der Waals surface area contributed by atoms with Crippen molar-refractivity contribution in [1.82, 2.24) is 24.6 Å². The lowest BCUT2D eigenvalue weighted by atomic mass is 9.98. The minimum atomic E-state index is 0.118. The minimum absolute atomic E-state index is 0.118. The van der Waals surface area contributed by atoms with Crippen LogP contribution in [0.4, 0.5) is 5.82 Å². The van der Waals surface area contributed by atoms with Crippen molar-refractivity contribution in [1.29, 1.82) is 0 Å². The molecule has 0 aliphatic carbocycles. The molecule has 7 heteroatoms. The van der Waals surface area contributed by atoms with Crippen LogP contribution in [0.1, 0.15) is 39.7 Å². The standard InChI is InChI=1S/C26H30N6O/c1-26(2,3)31-15-7-8-19(16-31)32-25-22(24(27)28-17-29-25)23(30-32)18-11-13-21(14-12-18)33-20-9-5-4-6-10-20/h4-6,9-14,17,19H,7-8,15-16H2,1-3H3,(H2,27,28,29)/t19-/m1/s1. The van der Waals surface area contributed by atoms with E-state index in [4.69, 9.17) is 15.6 Å². The highest BCUT2D eigenvalue weighted by atomic mass is 16.5. The SMILES string of the molecule is CC(C)(C)N1CCC[C@@H](n2nc(-c3ccc(Oc4ccccc4)cc3)c3c(N)ncnc32)C1. The van der Waals surface area contributed by atoms with Crippen molar-refractivity contribution in [2.24, 2.45) is 0 Å². The summed E-state index contributed by atoms with van der Waals surface area (Å²) in [7, 11) is 0. The summed E-state index contributed by atoms with van der Waals surface area (Å²) < 4.78 is 8.01. The number of nitrogens with zero attached hydrogens (tertiary/aromatic N) is 5. The van der Waals surface area contributed by atoms with Gasteiger partial charge < -0.3 is 10.5 Å². The third kappa shape index (κ3) is 4.28. The second kappa shape index (κ2) is 8.48. The molecule has 0 saturated carbocycles. The van der Waals surface area contributed by atoms with E-state index < -0.39 is 0 Å². The molecule has 1 atom stereocenters. The van der Waals surface area contributed by atoms with Gasteiger partial charge in [0.2, 0.25) is 0 Å². The Hall–Kier alpha value is -3.45. The Morgan fingerprint density at radius 1 is 0.970 bits per heavy atom. The molecule has 0 amide bonds. The third-order valence-electron chi connectivity index (χ3n) is 6.32. The number of aromatic nitrogens is 4. The molecule has 0 bridgehead atoms. The Morgan fingerprint density at radius 3 is 2.42 bits per heavy atom. The van der Waals surface area contributed by atoms with Crippen molar-refractivity contribution in [3.63, 3.8) is 0 Å². The topological polar surface area (TPSA) is 82.1 Å². The molecule has 1 aliphatic rings. The molecule has 0 spiro atoms. The van der Waals surface area contributed by atoms with Crippen LogP contribution >= 0.6 is 0 Å². The molecule has 4 aromatic rings. The van der Waals surface area contributed by atoms with E-state index in [1.54, 1.807) is 0 Å². The van der Waals surface area contributed by atoms with E-state index in [1.807, 2.05) is 54.6 Å². The number of fused-ring (bicyclic) bond motifs is 1. The molecule has 2 aromatic heterocycles. The van der Waals surface area contributed by atoms with Crippen LogP contribution in [0.3, 0.4) is 0 Å². The van der Waals surface area contributed by atoms with Crippen molar-refractivity contribution in [3.8, 4) is 22.8 Å². The molecule has 0 radical (unpaired) electrons. The quantitative estimate of drug-likeness (QED) is 0.462. The maximum Gasteiger partial charge on any atom is 0.164 e. The van der Waals surface area contributed by atoms with Crippen LogP contribution in [-0.2, 0) is 0 Å². The molecule has 33 heavy (non-hydrogen) atoms. The number of para-hydroxylation sites is 1. The zero-order valence-electron chi connectivity index (χ0n) is 19.4. The van der Waals surface area contributed by atoms with Crippen LogP contribution in [0.25, 0.3) is 22.3 Å². The molecule has 0 unspecified atom stereocenters. The van der Waals surface area contributed by atoms with Crippen molar-refractivity contribution in [2.75, 3.05) is 18.8 Å². The van der Waals surface area contributed by atoms with E-state index in [0.717, 1.165) is 59.7 Å². The summed E-state index contributed by atoms with van der Waals surface area (Å²) in [5.41, 5.74) is 9.01. The molecule has 2 aromatic carbocycles. The van der Waals surface area contributed by atoms with Crippen LogP contribution in [0.2, 0.25) is 0 Å². The lowest BCUT2D eigenvalue weighted by Crippen LogP contribution is -2.47. The van der Waals surface area contributed by atoms with Gasteiger partial charge in [0.15, 0.2) is 5.65 Å². The summed E-state index contributed by atoms with van der Waals surface area (Å²) in [5, 5.41) is 5.85. The van der Waals surface area contributed by atoms with Crippen LogP contribution < -0.4 is 10.5 Å². The predicted octanol–water partition coefficient (Wildman–Crippen LogP) is 5.30. The van der Waals surface area contributed by atoms with Gasteiger partial charge in [0, 0.05) is 17.6 Å². The fourth-order valence-corrected chi connectivity index (χ4v) is 4.52. The first-order valence-electron chi connectivity index (χ1n) is 11.5. The van der Waals surface area contributed by atoms with E-state index in [0.29, 0.717) is 5.82 Å². The molecule has 1 aliphatic heterocycles. The maximum atomic E-state index is 6.33. The fourth-order valence-electron chi connectivity index (χ4n) is 4.52. The largest absolute Gasteiger partial charge is 0.457 e. The summed E-state index contributed by atoms with van der Waals surface area (Å²) in [5.74, 6) is 2.03. The number of nitrogen functional groups attached to an aromatic ring is 1. The Balaban J connectivity index is 1.50. The normalized spacial score (nSPS) is 17.4. The number of anilines is 1. The van der Waals surface area contributed by atoms with Crippen LogP contribution in [-0.4, -0.2) is 43.3 Å². The number of hydrogen-bond donors (Lipinski definition) is 1. The van der Waals surface area contributed by atoms with Gasteiger partial charge in [0.25, 0.3) is 0 Å². The number of rotatable bonds is 4. The molecular weight excluding hydrogens is 412 g/mol. The first kappa shape index (κ1) is 21.4. The Bertz CT molecular complexity index is 1240. The highest BCUT2D eigenvalue weighted by molar-refractivity contribution is 5.98. The summed E-state index contributed by atoms with van der Waals surface area (Å²) in [6.07, 6.45) is 3.72. The zero-order valence-corrected chi connectivity index (χ0v) is 19.4. The predicted molar refractivity (Wildman–Crippen MR) is 131 cm³/mol. The number of ether oxygens (including phenoxy) is 1. The van der Waals surface area contributed by atoms with E-state index >= 15 is 0 Å². The number of piperidine rings is 1. The van der Waals surface area contributed by atoms with Gasteiger partial charge in [-0.15, -0.1) is 0 Å². The molecule has 1 fully saturated rings. The highest BCUT2D eigenvalue weighted by Crippen LogP contribution is 2.35. The first-order valence-corrected chi connectivity index (χ1v) is 11.5. The van der Waals surface area contributed by atoms with Gasteiger partial charge in [-0.05, 0) is 76.6 Å². The van der Waals surface area contributed by atoms with Crippen molar-refractivity contribution < 1.29 is 4.74 Å². The molecular formula is C26H30N6O. The van der Waals surface area contributed by atoms with Gasteiger partial charge in [0.05, 0.1) is 11.4 Å². The average molecular weight is 443 g/mol. The average Bonchev–Trinajstić information content (AvgIpc) is 3.21.